The Morgan fingerprint density at radius 2 is 1.85 bits per heavy atom. The molecule has 27 heavy (non-hydrogen) atoms. The van der Waals surface area contributed by atoms with E-state index >= 15 is 0 Å². The zero-order valence-corrected chi connectivity index (χ0v) is 16.1. The second kappa shape index (κ2) is 5.96. The largest absolute Gasteiger partial charge is 0.455 e. The molecule has 0 saturated carbocycles. The lowest BCUT2D eigenvalue weighted by Crippen LogP contribution is -2.36. The van der Waals surface area contributed by atoms with Gasteiger partial charge in [-0.3, -0.25) is 0 Å². The van der Waals surface area contributed by atoms with Gasteiger partial charge in [0, 0.05) is 33.4 Å². The van der Waals surface area contributed by atoms with Gasteiger partial charge in [0.15, 0.2) is 11.4 Å². The molecule has 0 aliphatic rings. The van der Waals surface area contributed by atoms with Crippen LogP contribution in [0.25, 0.3) is 38.0 Å². The summed E-state index contributed by atoms with van der Waals surface area (Å²) >= 11 is 0. The molecular formula is C24H23N2O+. The van der Waals surface area contributed by atoms with Crippen molar-refractivity contribution in [2.24, 2.45) is 7.05 Å². The molecule has 0 fully saturated rings. The first-order valence-corrected chi connectivity index (χ1v) is 8.82. The monoisotopic (exact) mass is 359 g/mol. The minimum atomic E-state index is -2.30. The third-order valence-corrected chi connectivity index (χ3v) is 5.40. The Bertz CT molecular complexity index is 1410. The van der Waals surface area contributed by atoms with Crippen molar-refractivity contribution >= 4 is 27.6 Å². The Morgan fingerprint density at radius 3 is 2.56 bits per heavy atom. The summed E-state index contributed by atoms with van der Waals surface area (Å²) in [6.07, 6.45) is 0. The zero-order valence-electron chi connectivity index (χ0n) is 20.1. The third-order valence-electron chi connectivity index (χ3n) is 5.40. The number of aromatic nitrogens is 1. The summed E-state index contributed by atoms with van der Waals surface area (Å²) in [7, 11) is 1.79. The quantitative estimate of drug-likeness (QED) is 0.294. The van der Waals surface area contributed by atoms with Crippen LogP contribution >= 0.6 is 0 Å². The number of aryl methyl sites for hydroxylation is 2. The van der Waals surface area contributed by atoms with E-state index in [1.165, 1.54) is 0 Å². The Morgan fingerprint density at radius 1 is 1.07 bits per heavy atom. The van der Waals surface area contributed by atoms with Crippen molar-refractivity contribution in [1.82, 2.24) is 0 Å². The van der Waals surface area contributed by atoms with Crippen LogP contribution in [-0.2, 0) is 7.05 Å². The molecule has 134 valence electrons. The average Bonchev–Trinajstić information content (AvgIpc) is 3.03. The van der Waals surface area contributed by atoms with Crippen molar-refractivity contribution < 1.29 is 14.5 Å². The molecule has 0 N–H and O–H groups in total. The average molecular weight is 359 g/mol. The molecule has 3 nitrogen and oxygen atoms in total. The van der Waals surface area contributed by atoms with Gasteiger partial charge in [-0.05, 0) is 56.4 Å². The summed E-state index contributed by atoms with van der Waals surface area (Å²) in [6.45, 7) is 12.4. The first-order chi connectivity index (χ1) is 14.5. The molecule has 0 aliphatic heterocycles. The van der Waals surface area contributed by atoms with E-state index in [1.807, 2.05) is 38.1 Å². The SMILES string of the molecule is [2H]c1c(C)c(C([2H])([2H])[2H])c(C)[n+](C)c1-c1c(C)ccc2c1oc1cc(C)c([N+]#[C-])cc12. The summed E-state index contributed by atoms with van der Waals surface area (Å²) in [6, 6.07) is 7.85. The zero-order chi connectivity index (χ0) is 22.8. The van der Waals surface area contributed by atoms with E-state index < -0.39 is 6.85 Å². The topological polar surface area (TPSA) is 21.4 Å². The number of hydrogen-bond acceptors (Lipinski definition) is 1. The number of hydrogen-bond donors (Lipinski definition) is 0. The van der Waals surface area contributed by atoms with Gasteiger partial charge in [-0.1, -0.05) is 12.1 Å². The van der Waals surface area contributed by atoms with E-state index in [0.717, 1.165) is 27.5 Å². The molecule has 0 radical (unpaired) electrons. The van der Waals surface area contributed by atoms with Gasteiger partial charge in [0.2, 0.25) is 5.69 Å². The van der Waals surface area contributed by atoms with Gasteiger partial charge >= 0.3 is 0 Å². The Hall–Kier alpha value is -3.12. The lowest BCUT2D eigenvalue weighted by Gasteiger charge is -2.10. The number of benzene rings is 2. The molecule has 3 heteroatoms. The predicted molar refractivity (Wildman–Crippen MR) is 110 cm³/mol. The van der Waals surface area contributed by atoms with Crippen LogP contribution in [0.15, 0.2) is 34.7 Å². The maximum atomic E-state index is 8.84. The van der Waals surface area contributed by atoms with Crippen LogP contribution in [0, 0.1) is 41.1 Å². The highest BCUT2D eigenvalue weighted by Gasteiger charge is 2.23. The van der Waals surface area contributed by atoms with Crippen LogP contribution in [0.5, 0.6) is 0 Å². The van der Waals surface area contributed by atoms with Gasteiger partial charge in [-0.2, -0.15) is 4.57 Å². The molecule has 0 amide bonds. The van der Waals surface area contributed by atoms with Crippen molar-refractivity contribution in [2.45, 2.75) is 34.5 Å². The van der Waals surface area contributed by atoms with E-state index in [1.54, 1.807) is 25.5 Å². The summed E-state index contributed by atoms with van der Waals surface area (Å²) in [4.78, 5) is 3.61. The van der Waals surface area contributed by atoms with Crippen molar-refractivity contribution in [2.75, 3.05) is 0 Å². The number of nitrogens with zero attached hydrogens (tertiary/aromatic N) is 2. The summed E-state index contributed by atoms with van der Waals surface area (Å²) in [5, 5.41) is 1.73. The fourth-order valence-electron chi connectivity index (χ4n) is 3.65. The Kier molecular flexibility index (Phi) is 2.89. The van der Waals surface area contributed by atoms with E-state index in [4.69, 9.17) is 16.5 Å². The highest BCUT2D eigenvalue weighted by Crippen LogP contribution is 2.39. The molecule has 4 rings (SSSR count). The summed E-state index contributed by atoms with van der Waals surface area (Å²) in [5.74, 6) is 0. The maximum absolute atomic E-state index is 8.84. The highest BCUT2D eigenvalue weighted by molar-refractivity contribution is 6.10. The number of furan rings is 1. The van der Waals surface area contributed by atoms with Crippen LogP contribution < -0.4 is 4.57 Å². The molecule has 0 spiro atoms. The molecule has 0 aliphatic carbocycles. The van der Waals surface area contributed by atoms with Crippen molar-refractivity contribution in [3.63, 3.8) is 0 Å². The van der Waals surface area contributed by atoms with E-state index in [2.05, 4.69) is 4.85 Å². The third kappa shape index (κ3) is 2.44. The van der Waals surface area contributed by atoms with Crippen LogP contribution in [0.1, 0.15) is 33.4 Å². The van der Waals surface area contributed by atoms with Crippen LogP contribution in [-0.4, -0.2) is 0 Å². The Labute approximate surface area is 165 Å². The van der Waals surface area contributed by atoms with E-state index in [-0.39, 0.29) is 11.6 Å². The molecule has 2 aromatic carbocycles. The molecule has 0 saturated heterocycles. The minimum Gasteiger partial charge on any atom is -0.455 e. The van der Waals surface area contributed by atoms with Crippen LogP contribution in [0.2, 0.25) is 0 Å². The van der Waals surface area contributed by atoms with Gasteiger partial charge in [-0.15, -0.1) is 0 Å². The summed E-state index contributed by atoms with van der Waals surface area (Å²) in [5.41, 5.74) is 6.34. The molecular weight excluding hydrogens is 332 g/mol. The second-order valence-corrected chi connectivity index (χ2v) is 7.10. The molecule has 0 bridgehead atoms. The van der Waals surface area contributed by atoms with Gasteiger partial charge in [-0.25, -0.2) is 4.85 Å². The standard InChI is InChI=1S/C24H23N2O/c1-13-8-9-18-19-12-20(25-6)15(3)11-22(19)27-24(18)23(13)21-10-14(2)16(4)17(5)26(21)7/h8-12H,1-5,7H3/q+1/i4D3,10D. The first kappa shape index (κ1) is 13.1. The minimum absolute atomic E-state index is 0.174. The lowest BCUT2D eigenvalue weighted by molar-refractivity contribution is -0.667. The fourth-order valence-corrected chi connectivity index (χ4v) is 3.65. The smallest absolute Gasteiger partial charge is 0.216 e. The molecule has 0 unspecified atom stereocenters. The fraction of sp³-hybridized carbons (Fsp3) is 0.250. The van der Waals surface area contributed by atoms with Crippen molar-refractivity contribution in [1.29, 1.82) is 0 Å². The molecule has 2 aromatic heterocycles. The Balaban J connectivity index is 2.16. The van der Waals surface area contributed by atoms with E-state index in [0.29, 0.717) is 33.8 Å². The van der Waals surface area contributed by atoms with Gasteiger partial charge < -0.3 is 4.42 Å². The number of pyridine rings is 1. The number of rotatable bonds is 1. The normalized spacial score (nSPS) is 13.9. The van der Waals surface area contributed by atoms with Gasteiger partial charge in [0.25, 0.3) is 0 Å². The van der Waals surface area contributed by atoms with E-state index in [9.17, 15) is 0 Å². The second-order valence-electron chi connectivity index (χ2n) is 7.10. The van der Waals surface area contributed by atoms with Gasteiger partial charge in [0.1, 0.15) is 18.2 Å². The number of fused-ring (bicyclic) bond motifs is 3. The highest BCUT2D eigenvalue weighted by atomic mass is 16.3. The molecule has 4 aromatic rings. The van der Waals surface area contributed by atoms with Gasteiger partial charge in [0.05, 0.1) is 13.5 Å². The summed E-state index contributed by atoms with van der Waals surface area (Å²) < 4.78 is 40.7. The predicted octanol–water partition coefficient (Wildman–Crippen LogP) is 6.17. The maximum Gasteiger partial charge on any atom is 0.216 e. The van der Waals surface area contributed by atoms with Crippen LogP contribution in [0.3, 0.4) is 0 Å². The lowest BCUT2D eigenvalue weighted by atomic mass is 9.97. The van der Waals surface area contributed by atoms with Crippen molar-refractivity contribution in [3.05, 3.63) is 69.7 Å². The molecule has 2 heterocycles. The van der Waals surface area contributed by atoms with Crippen molar-refractivity contribution in [3.8, 4) is 11.3 Å². The van der Waals surface area contributed by atoms with Crippen LogP contribution in [0.4, 0.5) is 5.69 Å². The molecule has 0 atom stereocenters. The first-order valence-electron chi connectivity index (χ1n) is 10.8.